The van der Waals surface area contributed by atoms with Gasteiger partial charge < -0.3 is 0 Å². The Morgan fingerprint density at radius 3 is 2.29 bits per heavy atom. The van der Waals surface area contributed by atoms with E-state index >= 15 is 0 Å². The van der Waals surface area contributed by atoms with Crippen molar-refractivity contribution in [1.29, 1.82) is 0 Å². The number of hydrogen-bond donors (Lipinski definition) is 0. The SMILES string of the molecule is CC1=Cc2c(-c3ccccc3)ccc(C)c2[CH]1[Zr]([CH3])([CH3])(=[SiH2])[C]1=C2SCC=C2C=C1C(C)C.Cl.Cl. The average molecular weight is 607 g/mol. The Morgan fingerprint density at radius 1 is 0.971 bits per heavy atom. The summed E-state index contributed by atoms with van der Waals surface area (Å²) in [4.78, 5) is 1.62. The predicted octanol–water partition coefficient (Wildman–Crippen LogP) is 8.78. The minimum atomic E-state index is -3.46. The Morgan fingerprint density at radius 2 is 1.65 bits per heavy atom. The van der Waals surface area contributed by atoms with Crippen molar-refractivity contribution in [1.82, 2.24) is 0 Å². The van der Waals surface area contributed by atoms with Crippen LogP contribution >= 0.6 is 36.6 Å². The smallest absolute Gasteiger partial charge is 0.147 e. The van der Waals surface area contributed by atoms with Crippen LogP contribution in [0.3, 0.4) is 0 Å². The van der Waals surface area contributed by atoms with Crippen LogP contribution in [-0.4, -0.2) is 12.6 Å². The molecule has 0 radical (unpaired) electrons. The molecule has 0 amide bonds. The molecule has 0 N–H and O–H groups in total. The average Bonchev–Trinajstić information content (AvgIpc) is 3.41. The Labute approximate surface area is 224 Å². The molecule has 2 aliphatic carbocycles. The van der Waals surface area contributed by atoms with Crippen LogP contribution < -0.4 is 0 Å². The van der Waals surface area contributed by atoms with E-state index in [9.17, 15) is 0 Å². The summed E-state index contributed by atoms with van der Waals surface area (Å²) in [6.07, 6.45) is 7.51. The van der Waals surface area contributed by atoms with Gasteiger partial charge in [0, 0.05) is 0 Å². The number of rotatable bonds is 4. The third-order valence-electron chi connectivity index (χ3n) is 7.69. The molecule has 0 bridgehead atoms. The number of hydrogen-bond acceptors (Lipinski definition) is 1. The van der Waals surface area contributed by atoms with Crippen molar-refractivity contribution < 1.29 is 17.4 Å². The molecule has 0 fully saturated rings. The number of allylic oxidation sites excluding steroid dienone is 5. The minimum absolute atomic E-state index is 0. The molecule has 0 aromatic heterocycles. The monoisotopic (exact) mass is 604 g/mol. The van der Waals surface area contributed by atoms with Gasteiger partial charge in [0.25, 0.3) is 0 Å². The van der Waals surface area contributed by atoms with Crippen molar-refractivity contribution in [2.45, 2.75) is 40.6 Å². The summed E-state index contributed by atoms with van der Waals surface area (Å²) >= 11 is -1.37. The molecule has 5 rings (SSSR count). The van der Waals surface area contributed by atoms with Gasteiger partial charge >= 0.3 is 202 Å². The Balaban J connectivity index is 0.00000162. The van der Waals surface area contributed by atoms with Crippen LogP contribution in [0.1, 0.15) is 41.1 Å². The van der Waals surface area contributed by atoms with E-state index in [4.69, 9.17) is 0 Å². The number of halogens is 2. The van der Waals surface area contributed by atoms with Crippen LogP contribution in [0.2, 0.25) is 9.26 Å². The maximum Gasteiger partial charge on any atom is -0.147 e. The summed E-state index contributed by atoms with van der Waals surface area (Å²) in [6, 6.07) is 15.7. The van der Waals surface area contributed by atoms with Gasteiger partial charge in [-0.3, -0.25) is 0 Å². The second-order valence-corrected chi connectivity index (χ2v) is 41.5. The molecule has 1 atom stereocenters. The third kappa shape index (κ3) is 4.28. The van der Waals surface area contributed by atoms with Gasteiger partial charge in [0.2, 0.25) is 0 Å². The zero-order valence-corrected chi connectivity index (χ0v) is 27.4. The summed E-state index contributed by atoms with van der Waals surface area (Å²) in [6.45, 7) is 11.9. The summed E-state index contributed by atoms with van der Waals surface area (Å²) < 4.78 is 7.82. The van der Waals surface area contributed by atoms with Crippen molar-refractivity contribution in [3.05, 3.63) is 96.2 Å². The number of aryl methyl sites for hydroxylation is 1. The second-order valence-electron chi connectivity index (χ2n) is 11.2. The summed E-state index contributed by atoms with van der Waals surface area (Å²) in [5.74, 6) is 1.71. The van der Waals surface area contributed by atoms with Gasteiger partial charge in [-0.25, -0.2) is 0 Å². The summed E-state index contributed by atoms with van der Waals surface area (Å²) in [5.41, 5.74) is 12.0. The molecule has 1 heterocycles. The number of benzene rings is 2. The molecule has 3 aliphatic rings. The van der Waals surface area contributed by atoms with E-state index in [0.29, 0.717) is 9.54 Å². The van der Waals surface area contributed by atoms with Gasteiger partial charge in [-0.05, 0) is 0 Å². The van der Waals surface area contributed by atoms with Gasteiger partial charge in [-0.2, -0.15) is 0 Å². The van der Waals surface area contributed by atoms with Gasteiger partial charge in [-0.15, -0.1) is 24.8 Å². The van der Waals surface area contributed by atoms with Crippen molar-refractivity contribution in [2.24, 2.45) is 5.92 Å². The fourth-order valence-electron chi connectivity index (χ4n) is 6.43. The van der Waals surface area contributed by atoms with E-state index in [2.05, 4.69) is 116 Å². The Kier molecular flexibility index (Phi) is 8.00. The first-order chi connectivity index (χ1) is 15.1. The maximum absolute atomic E-state index is 3.46. The van der Waals surface area contributed by atoms with E-state index < -0.39 is 17.4 Å². The molecule has 0 nitrogen and oxygen atoms in total. The summed E-state index contributed by atoms with van der Waals surface area (Å²) in [7, 11) is 0. The quantitative estimate of drug-likeness (QED) is 0.314. The molecule has 0 saturated carbocycles. The van der Waals surface area contributed by atoms with Crippen LogP contribution in [-0.2, 0) is 17.4 Å². The van der Waals surface area contributed by atoms with Gasteiger partial charge in [0.15, 0.2) is 0 Å². The standard InChI is InChI=1S/C17H15.C10H11S.2CH3.2ClH.H2Si.Zr/c1-12-10-16-13(2)8-9-15(17(16)11-12)14-6-4-3-5-7-14;1-7(2)9-5-8-3-4-11-10(8)6-9;;;;;;/h3-11H,1-2H3;3,5,7H,4H2,1-2H3;2*1H3;2*1H;1H2;. The van der Waals surface area contributed by atoms with Crippen LogP contribution in [0.15, 0.2) is 79.5 Å². The fraction of sp³-hybridized carbons (Fsp3) is 0.310. The van der Waals surface area contributed by atoms with E-state index in [-0.39, 0.29) is 24.8 Å². The predicted molar refractivity (Wildman–Crippen MR) is 158 cm³/mol. The zero-order valence-electron chi connectivity index (χ0n) is 21.1. The first-order valence-corrected chi connectivity index (χ1v) is 26.3. The van der Waals surface area contributed by atoms with Crippen LogP contribution in [0.25, 0.3) is 17.2 Å². The van der Waals surface area contributed by atoms with E-state index in [1.54, 1.807) is 24.9 Å². The Bertz CT molecular complexity index is 1340. The summed E-state index contributed by atoms with van der Waals surface area (Å²) in [5, 5.41) is 0. The maximum atomic E-state index is 2.73. The van der Waals surface area contributed by atoms with Gasteiger partial charge in [0.1, 0.15) is 0 Å². The number of fused-ring (bicyclic) bond motifs is 2. The van der Waals surface area contributed by atoms with E-state index in [1.807, 2.05) is 0 Å². The van der Waals surface area contributed by atoms with E-state index in [0.717, 1.165) is 5.75 Å². The molecule has 2 aromatic rings. The normalized spacial score (nSPS) is 19.2. The Hall–Kier alpha value is -0.570. The van der Waals surface area contributed by atoms with Crippen molar-refractivity contribution in [3.63, 3.8) is 0 Å². The van der Waals surface area contributed by atoms with Crippen LogP contribution in [0.4, 0.5) is 0 Å². The fourth-order valence-corrected chi connectivity index (χ4v) is 29.2. The molecule has 1 unspecified atom stereocenters. The number of thioether (sulfide) groups is 1. The molecule has 2 aromatic carbocycles. The van der Waals surface area contributed by atoms with Crippen LogP contribution in [0, 0.1) is 12.8 Å². The first-order valence-electron chi connectivity index (χ1n) is 11.8. The van der Waals surface area contributed by atoms with Crippen molar-refractivity contribution in [3.8, 4) is 11.1 Å². The molecular formula is C29H36Cl2SSiZr. The van der Waals surface area contributed by atoms with E-state index in [1.165, 1.54) is 27.8 Å². The second kappa shape index (κ2) is 9.71. The first kappa shape index (κ1) is 28.0. The third-order valence-corrected chi connectivity index (χ3v) is 25.4. The molecule has 1 aliphatic heterocycles. The molecule has 0 saturated heterocycles. The minimum Gasteiger partial charge on any atom is -0.147 e. The molecule has 0 spiro atoms. The van der Waals surface area contributed by atoms with Crippen LogP contribution in [0.5, 0.6) is 0 Å². The topological polar surface area (TPSA) is 0 Å². The molecular weight excluding hydrogens is 571 g/mol. The zero-order chi connectivity index (χ0) is 22.9. The van der Waals surface area contributed by atoms with Crippen molar-refractivity contribution >= 4 is 49.5 Å². The molecule has 5 heteroatoms. The van der Waals surface area contributed by atoms with Gasteiger partial charge in [0.05, 0.1) is 0 Å². The molecule has 180 valence electrons. The largest absolute Gasteiger partial charge is 0.147 e. The van der Waals surface area contributed by atoms with Gasteiger partial charge in [-0.1, -0.05) is 0 Å². The molecule has 34 heavy (non-hydrogen) atoms. The van der Waals surface area contributed by atoms with Crippen molar-refractivity contribution in [2.75, 3.05) is 5.75 Å².